The zero-order chi connectivity index (χ0) is 24.3. The molecule has 0 bridgehead atoms. The van der Waals surface area contributed by atoms with Crippen molar-refractivity contribution in [2.24, 2.45) is 40.4 Å². The maximum absolute atomic E-state index is 12.4. The van der Waals surface area contributed by atoms with Crippen LogP contribution in [0.1, 0.15) is 101 Å². The molecular formula is C31H40O3. The molecule has 4 fully saturated rings. The molecule has 0 radical (unpaired) electrons. The summed E-state index contributed by atoms with van der Waals surface area (Å²) >= 11 is 0. The highest BCUT2D eigenvalue weighted by molar-refractivity contribution is 5.94. The Kier molecular flexibility index (Phi) is 5.84. The Labute approximate surface area is 205 Å². The van der Waals surface area contributed by atoms with Gasteiger partial charge in [0.2, 0.25) is 0 Å². The predicted molar refractivity (Wildman–Crippen MR) is 134 cm³/mol. The first-order valence-electron chi connectivity index (χ1n) is 13.4. The molecule has 34 heavy (non-hydrogen) atoms. The molecule has 4 aliphatic carbocycles. The summed E-state index contributed by atoms with van der Waals surface area (Å²) in [5.74, 6) is 9.80. The minimum Gasteiger partial charge on any atom is -0.378 e. The zero-order valence-electron chi connectivity index (χ0n) is 21.3. The van der Waals surface area contributed by atoms with Gasteiger partial charge in [-0.25, -0.2) is 0 Å². The van der Waals surface area contributed by atoms with E-state index in [0.717, 1.165) is 37.2 Å². The van der Waals surface area contributed by atoms with Crippen molar-refractivity contribution >= 4 is 11.6 Å². The van der Waals surface area contributed by atoms with Crippen molar-refractivity contribution in [3.05, 3.63) is 35.4 Å². The Morgan fingerprint density at radius 1 is 0.882 bits per heavy atom. The number of fused-ring (bicyclic) bond motifs is 5. The van der Waals surface area contributed by atoms with E-state index in [1.54, 1.807) is 6.92 Å². The van der Waals surface area contributed by atoms with Crippen LogP contribution in [0.5, 0.6) is 0 Å². The third-order valence-electron chi connectivity index (χ3n) is 10.9. The number of hydrogen-bond acceptors (Lipinski definition) is 3. The first-order valence-corrected chi connectivity index (χ1v) is 13.4. The van der Waals surface area contributed by atoms with Gasteiger partial charge in [-0.2, -0.15) is 0 Å². The molecule has 3 nitrogen and oxygen atoms in total. The fraction of sp³-hybridized carbons (Fsp3) is 0.677. The molecule has 5 unspecified atom stereocenters. The smallest absolute Gasteiger partial charge is 0.159 e. The van der Waals surface area contributed by atoms with Gasteiger partial charge in [-0.1, -0.05) is 37.8 Å². The number of aliphatic hydroxyl groups is 1. The van der Waals surface area contributed by atoms with Crippen LogP contribution in [-0.4, -0.2) is 22.3 Å². The van der Waals surface area contributed by atoms with Gasteiger partial charge >= 0.3 is 0 Å². The summed E-state index contributed by atoms with van der Waals surface area (Å²) in [5, 5.41) is 11.4. The Hall–Kier alpha value is -1.92. The summed E-state index contributed by atoms with van der Waals surface area (Å²) in [6.07, 6.45) is 9.68. The van der Waals surface area contributed by atoms with Crippen LogP contribution in [0.4, 0.5) is 0 Å². The van der Waals surface area contributed by atoms with E-state index >= 15 is 0 Å². The Morgan fingerprint density at radius 3 is 2.26 bits per heavy atom. The minimum absolute atomic E-state index is 0.0535. The van der Waals surface area contributed by atoms with Crippen LogP contribution in [0, 0.1) is 52.3 Å². The molecule has 0 heterocycles. The second-order valence-corrected chi connectivity index (χ2v) is 12.6. The van der Waals surface area contributed by atoms with E-state index < -0.39 is 5.60 Å². The molecule has 1 aromatic rings. The Morgan fingerprint density at radius 2 is 1.59 bits per heavy atom. The molecule has 182 valence electrons. The van der Waals surface area contributed by atoms with E-state index in [2.05, 4.69) is 25.7 Å². The van der Waals surface area contributed by atoms with Crippen molar-refractivity contribution in [3.63, 3.8) is 0 Å². The largest absolute Gasteiger partial charge is 0.378 e. The van der Waals surface area contributed by atoms with Crippen LogP contribution in [-0.2, 0) is 4.79 Å². The molecule has 1 aromatic carbocycles. The van der Waals surface area contributed by atoms with Crippen molar-refractivity contribution in [2.45, 2.75) is 91.1 Å². The Balaban J connectivity index is 1.32. The molecule has 0 spiro atoms. The molecule has 0 aromatic heterocycles. The number of rotatable bonds is 2. The van der Waals surface area contributed by atoms with Crippen LogP contribution in [0.15, 0.2) is 24.3 Å². The standard InChI is InChI=1S/C31H40O3/c1-20(32)23-7-5-22(6-8-23)13-16-31(34)18-17-29(3)24(19-31)9-10-25-27-12-11-26(21(2)33)30(27,4)15-14-28(25)29/h5-8,24-28,34H,9-12,14-15,17-19H2,1-4H3/t24?,25?,26?,27?,28?,29-,30+,31+/m0/s1. The van der Waals surface area contributed by atoms with Gasteiger partial charge in [-0.15, -0.1) is 0 Å². The lowest BCUT2D eigenvalue weighted by Crippen LogP contribution is -2.56. The molecule has 0 aliphatic heterocycles. The van der Waals surface area contributed by atoms with Crippen molar-refractivity contribution in [3.8, 4) is 11.8 Å². The lowest BCUT2D eigenvalue weighted by Gasteiger charge is -2.61. The highest BCUT2D eigenvalue weighted by Crippen LogP contribution is 2.68. The fourth-order valence-corrected chi connectivity index (χ4v) is 9.00. The summed E-state index contributed by atoms with van der Waals surface area (Å²) in [6.45, 7) is 8.29. The summed E-state index contributed by atoms with van der Waals surface area (Å²) < 4.78 is 0. The maximum Gasteiger partial charge on any atom is 0.159 e. The summed E-state index contributed by atoms with van der Waals surface area (Å²) in [4.78, 5) is 23.9. The topological polar surface area (TPSA) is 54.4 Å². The SMILES string of the molecule is CC(=O)c1ccc(C#C[C@@]2(O)CC[C@@]3(C)C(CCC4C3CC[C@]3(C)C(C(C)=O)CCC43)C2)cc1. The van der Waals surface area contributed by atoms with Crippen LogP contribution in [0.2, 0.25) is 0 Å². The molecule has 0 saturated heterocycles. The van der Waals surface area contributed by atoms with E-state index in [4.69, 9.17) is 0 Å². The van der Waals surface area contributed by atoms with Crippen LogP contribution < -0.4 is 0 Å². The number of ketones is 2. The molecule has 5 rings (SSSR count). The van der Waals surface area contributed by atoms with Gasteiger partial charge < -0.3 is 5.11 Å². The molecule has 4 aliphatic rings. The summed E-state index contributed by atoms with van der Waals surface area (Å²) in [7, 11) is 0. The Bertz CT molecular complexity index is 1040. The molecule has 3 heteroatoms. The van der Waals surface area contributed by atoms with E-state index in [1.807, 2.05) is 31.2 Å². The van der Waals surface area contributed by atoms with Crippen LogP contribution in [0.3, 0.4) is 0 Å². The second kappa shape index (κ2) is 8.34. The molecular weight excluding hydrogens is 420 g/mol. The van der Waals surface area contributed by atoms with Gasteiger partial charge in [0.25, 0.3) is 0 Å². The normalized spacial score (nSPS) is 43.0. The van der Waals surface area contributed by atoms with Crippen LogP contribution in [0.25, 0.3) is 0 Å². The summed E-state index contributed by atoms with van der Waals surface area (Å²) in [5.41, 5.74) is 1.09. The van der Waals surface area contributed by atoms with Crippen molar-refractivity contribution in [1.82, 2.24) is 0 Å². The number of carbonyl (C=O) groups excluding carboxylic acids is 2. The highest BCUT2D eigenvalue weighted by atomic mass is 16.3. The maximum atomic E-state index is 12.4. The zero-order valence-corrected chi connectivity index (χ0v) is 21.3. The lowest BCUT2D eigenvalue weighted by atomic mass is 9.44. The number of hydrogen-bond donors (Lipinski definition) is 1. The average Bonchev–Trinajstić information content (AvgIpc) is 3.16. The van der Waals surface area contributed by atoms with E-state index in [9.17, 15) is 14.7 Å². The van der Waals surface area contributed by atoms with Gasteiger partial charge in [0.1, 0.15) is 11.4 Å². The van der Waals surface area contributed by atoms with Gasteiger partial charge in [0.15, 0.2) is 5.78 Å². The number of carbonyl (C=O) groups is 2. The van der Waals surface area contributed by atoms with Crippen molar-refractivity contribution in [2.75, 3.05) is 0 Å². The number of benzene rings is 1. The van der Waals surface area contributed by atoms with E-state index in [0.29, 0.717) is 29.1 Å². The molecule has 8 atom stereocenters. The van der Waals surface area contributed by atoms with Gasteiger partial charge in [0.05, 0.1) is 0 Å². The monoisotopic (exact) mass is 460 g/mol. The lowest BCUT2D eigenvalue weighted by molar-refractivity contribution is -0.144. The molecule has 1 N–H and O–H groups in total. The summed E-state index contributed by atoms with van der Waals surface area (Å²) in [6, 6.07) is 7.37. The first kappa shape index (κ1) is 23.8. The van der Waals surface area contributed by atoms with Crippen molar-refractivity contribution < 1.29 is 14.7 Å². The highest BCUT2D eigenvalue weighted by Gasteiger charge is 2.61. The quantitative estimate of drug-likeness (QED) is 0.421. The van der Waals surface area contributed by atoms with Crippen molar-refractivity contribution in [1.29, 1.82) is 0 Å². The predicted octanol–water partition coefficient (Wildman–Crippen LogP) is 6.22. The van der Waals surface area contributed by atoms with Crippen LogP contribution >= 0.6 is 0 Å². The van der Waals surface area contributed by atoms with Gasteiger partial charge in [-0.05, 0) is 118 Å². The third kappa shape index (κ3) is 3.78. The average molecular weight is 461 g/mol. The fourth-order valence-electron chi connectivity index (χ4n) is 9.00. The first-order chi connectivity index (χ1) is 16.1. The van der Waals surface area contributed by atoms with E-state index in [1.165, 1.54) is 32.1 Å². The van der Waals surface area contributed by atoms with Gasteiger partial charge in [0, 0.05) is 17.0 Å². The molecule has 4 saturated carbocycles. The molecule has 0 amide bonds. The number of Topliss-reactive ketones (excluding diaryl/α,β-unsaturated/α-hetero) is 2. The minimum atomic E-state index is -0.924. The van der Waals surface area contributed by atoms with E-state index in [-0.39, 0.29) is 22.5 Å². The third-order valence-corrected chi connectivity index (χ3v) is 10.9. The second-order valence-electron chi connectivity index (χ2n) is 12.6. The van der Waals surface area contributed by atoms with Gasteiger partial charge in [-0.3, -0.25) is 9.59 Å².